The van der Waals surface area contributed by atoms with Crippen molar-refractivity contribution >= 4 is 0 Å². The monoisotopic (exact) mass is 245 g/mol. The van der Waals surface area contributed by atoms with E-state index in [1.807, 2.05) is 4.98 Å². The number of aliphatic hydroxyl groups is 3. The van der Waals surface area contributed by atoms with Crippen molar-refractivity contribution in [1.82, 2.24) is 9.55 Å². The van der Waals surface area contributed by atoms with Gasteiger partial charge in [0, 0.05) is 6.17 Å². The second-order valence-electron chi connectivity index (χ2n) is 3.64. The Morgan fingerprint density at radius 2 is 2.29 bits per heavy atom. The van der Waals surface area contributed by atoms with Crippen molar-refractivity contribution in [2.45, 2.75) is 24.5 Å². The van der Waals surface area contributed by atoms with Crippen molar-refractivity contribution in [3.63, 3.8) is 0 Å². The van der Waals surface area contributed by atoms with E-state index in [-0.39, 0.29) is 0 Å². The lowest BCUT2D eigenvalue weighted by Gasteiger charge is -2.16. The fourth-order valence-corrected chi connectivity index (χ4v) is 1.64. The zero-order valence-corrected chi connectivity index (χ0v) is 8.62. The Bertz CT molecular complexity index is 600. The summed E-state index contributed by atoms with van der Waals surface area (Å²) in [4.78, 5) is 13.7. The molecule has 0 spiro atoms. The molecule has 8 heteroatoms. The number of aliphatic hydroxyl groups excluding tert-OH is 3. The van der Waals surface area contributed by atoms with Crippen LogP contribution < -0.4 is 11.2 Å². The van der Waals surface area contributed by atoms with Gasteiger partial charge in [-0.3, -0.25) is 15.0 Å². The number of nitrogens with one attached hydrogen (secondary N) is 2. The average molecular weight is 245 g/mol. The predicted molar refractivity (Wildman–Crippen MR) is 53.9 cm³/mol. The fourth-order valence-electron chi connectivity index (χ4n) is 1.64. The predicted octanol–water partition coefficient (Wildman–Crippen LogP) is -2.73. The molecule has 1 aromatic rings. The number of nitrogens with zero attached hydrogens (tertiary/aromatic N) is 1. The number of hydrogen-bond donors (Lipinski definition) is 5. The summed E-state index contributed by atoms with van der Waals surface area (Å²) in [5, 5.41) is 35.6. The van der Waals surface area contributed by atoms with Crippen LogP contribution in [0.15, 0.2) is 17.0 Å². The summed E-state index contributed by atoms with van der Waals surface area (Å²) in [7, 11) is 0. The van der Waals surface area contributed by atoms with Gasteiger partial charge in [0.25, 0.3) is 0 Å². The van der Waals surface area contributed by atoms with Gasteiger partial charge in [0.2, 0.25) is 0 Å². The molecule has 0 bridgehead atoms. The maximum absolute atomic E-state index is 11.7. The third kappa shape index (κ3) is 2.03. The van der Waals surface area contributed by atoms with Gasteiger partial charge in [-0.1, -0.05) is 0 Å². The van der Waals surface area contributed by atoms with Crippen molar-refractivity contribution in [1.29, 1.82) is 5.41 Å². The van der Waals surface area contributed by atoms with E-state index in [4.69, 9.17) is 18.0 Å². The van der Waals surface area contributed by atoms with E-state index in [2.05, 4.69) is 0 Å². The highest BCUT2D eigenvalue weighted by molar-refractivity contribution is 4.92. The van der Waals surface area contributed by atoms with Gasteiger partial charge in [0.15, 0.2) is 6.23 Å². The van der Waals surface area contributed by atoms with Crippen LogP contribution in [0.4, 0.5) is 0 Å². The Balaban J connectivity index is 2.52. The number of aromatic nitrogens is 2. The molecule has 1 fully saturated rings. The highest BCUT2D eigenvalue weighted by Gasteiger charge is 2.43. The zero-order chi connectivity index (χ0) is 14.3. The molecule has 2 heterocycles. The lowest BCUT2D eigenvalue weighted by Crippen LogP contribution is -2.37. The van der Waals surface area contributed by atoms with Gasteiger partial charge < -0.3 is 20.1 Å². The van der Waals surface area contributed by atoms with Crippen molar-refractivity contribution in [3.8, 4) is 0 Å². The first-order valence-corrected chi connectivity index (χ1v) is 4.87. The normalized spacial score (nSPS) is 34.5. The standard InChI is InChI=1S/C9H13N3O5/c10-5-1-2-12(9(16)11-5)8-7(15)6(14)4(3-13)17-8/h1-2,4,6-8,13-15H,3H2,(H2,10,11,16)/t4-,6-,7+,8-/m1/s1/i1D,2D. The summed E-state index contributed by atoms with van der Waals surface area (Å²) >= 11 is 0. The second-order valence-corrected chi connectivity index (χ2v) is 3.64. The lowest BCUT2D eigenvalue weighted by atomic mass is 10.1. The third-order valence-corrected chi connectivity index (χ3v) is 2.52. The van der Waals surface area contributed by atoms with Crippen molar-refractivity contribution in [2.75, 3.05) is 6.61 Å². The first-order chi connectivity index (χ1) is 8.88. The maximum Gasteiger partial charge on any atom is 0.329 e. The Kier molecular flexibility index (Phi) is 2.48. The van der Waals surface area contributed by atoms with E-state index in [0.717, 1.165) is 0 Å². The average Bonchev–Trinajstić information content (AvgIpc) is 2.64. The van der Waals surface area contributed by atoms with E-state index >= 15 is 0 Å². The quantitative estimate of drug-likeness (QED) is 0.386. The molecular weight excluding hydrogens is 230 g/mol. The molecule has 1 aliphatic rings. The van der Waals surface area contributed by atoms with Crippen LogP contribution in [0.25, 0.3) is 0 Å². The molecule has 94 valence electrons. The van der Waals surface area contributed by atoms with Gasteiger partial charge >= 0.3 is 5.69 Å². The van der Waals surface area contributed by atoms with Gasteiger partial charge in [0.1, 0.15) is 23.8 Å². The SMILES string of the molecule is [2H]c1c([2H])n([C@@H]2O[C@H](CO)[C@@H](O)[C@@H]2O)c(=O)[nH]c1=N. The van der Waals surface area contributed by atoms with Crippen molar-refractivity contribution in [3.05, 3.63) is 28.2 Å². The van der Waals surface area contributed by atoms with Crippen LogP contribution in [0.5, 0.6) is 0 Å². The Morgan fingerprint density at radius 1 is 1.59 bits per heavy atom. The minimum absolute atomic E-state index is 0.530. The first-order valence-electron chi connectivity index (χ1n) is 5.87. The number of H-pyrrole nitrogens is 1. The molecule has 1 aromatic heterocycles. The van der Waals surface area contributed by atoms with Crippen LogP contribution >= 0.6 is 0 Å². The molecule has 0 unspecified atom stereocenters. The second kappa shape index (κ2) is 4.41. The van der Waals surface area contributed by atoms with Crippen LogP contribution in [-0.2, 0) is 4.74 Å². The van der Waals surface area contributed by atoms with E-state index < -0.39 is 54.5 Å². The Hall–Kier alpha value is -1.48. The van der Waals surface area contributed by atoms with Gasteiger partial charge in [-0.05, 0) is 6.04 Å². The Labute approximate surface area is 98.1 Å². The van der Waals surface area contributed by atoms with Gasteiger partial charge in [-0.25, -0.2) is 4.79 Å². The zero-order valence-electron chi connectivity index (χ0n) is 10.6. The topological polar surface area (TPSA) is 132 Å². The highest BCUT2D eigenvalue weighted by atomic mass is 16.6. The minimum atomic E-state index is -1.52. The van der Waals surface area contributed by atoms with Gasteiger partial charge in [-0.15, -0.1) is 0 Å². The van der Waals surface area contributed by atoms with Gasteiger partial charge in [0.05, 0.1) is 9.35 Å². The molecule has 17 heavy (non-hydrogen) atoms. The highest BCUT2D eigenvalue weighted by Crippen LogP contribution is 2.27. The van der Waals surface area contributed by atoms with E-state index in [0.29, 0.717) is 4.57 Å². The lowest BCUT2D eigenvalue weighted by molar-refractivity contribution is -0.0550. The molecule has 4 atom stereocenters. The summed E-state index contributed by atoms with van der Waals surface area (Å²) in [6.45, 7) is -0.565. The van der Waals surface area contributed by atoms with E-state index in [9.17, 15) is 15.0 Å². The Morgan fingerprint density at radius 3 is 2.88 bits per heavy atom. The third-order valence-electron chi connectivity index (χ3n) is 2.52. The fraction of sp³-hybridized carbons (Fsp3) is 0.556. The number of aromatic amines is 1. The van der Waals surface area contributed by atoms with Crippen molar-refractivity contribution in [2.24, 2.45) is 0 Å². The molecule has 1 aliphatic heterocycles. The van der Waals surface area contributed by atoms with Crippen LogP contribution in [0, 0.1) is 5.41 Å². The largest absolute Gasteiger partial charge is 0.394 e. The summed E-state index contributed by atoms with van der Waals surface area (Å²) in [6, 6.07) is -0.544. The van der Waals surface area contributed by atoms with E-state index in [1.165, 1.54) is 0 Å². The number of ether oxygens (including phenoxy) is 1. The summed E-state index contributed by atoms with van der Waals surface area (Å²) in [5.74, 6) is 0. The molecule has 0 amide bonds. The summed E-state index contributed by atoms with van der Waals surface area (Å²) in [6.07, 6.45) is -6.04. The van der Waals surface area contributed by atoms with Crippen LogP contribution in [0.2, 0.25) is 0 Å². The summed E-state index contributed by atoms with van der Waals surface area (Å²) in [5.41, 5.74) is -1.45. The molecule has 2 rings (SSSR count). The first kappa shape index (κ1) is 9.54. The van der Waals surface area contributed by atoms with Gasteiger partial charge in [-0.2, -0.15) is 0 Å². The molecular formula is C9H13N3O5. The number of rotatable bonds is 2. The summed E-state index contributed by atoms with van der Waals surface area (Å²) < 4.78 is 20.8. The van der Waals surface area contributed by atoms with Crippen LogP contribution in [0.3, 0.4) is 0 Å². The molecule has 0 radical (unpaired) electrons. The smallest absolute Gasteiger partial charge is 0.329 e. The number of hydrogen-bond acceptors (Lipinski definition) is 6. The van der Waals surface area contributed by atoms with E-state index in [1.54, 1.807) is 0 Å². The molecule has 5 N–H and O–H groups in total. The molecule has 0 aliphatic carbocycles. The van der Waals surface area contributed by atoms with Crippen LogP contribution in [0.1, 0.15) is 8.97 Å². The van der Waals surface area contributed by atoms with Crippen molar-refractivity contribution < 1.29 is 22.8 Å². The minimum Gasteiger partial charge on any atom is -0.394 e. The molecule has 8 nitrogen and oxygen atoms in total. The van der Waals surface area contributed by atoms with Crippen LogP contribution in [-0.4, -0.2) is 49.8 Å². The molecule has 0 aromatic carbocycles. The maximum atomic E-state index is 11.7. The molecule has 1 saturated heterocycles. The molecule has 0 saturated carbocycles.